The maximum atomic E-state index is 13.4. The lowest BCUT2D eigenvalue weighted by molar-refractivity contribution is 0.0298. The van der Waals surface area contributed by atoms with Gasteiger partial charge in [0.25, 0.3) is 5.91 Å². The first-order chi connectivity index (χ1) is 14.7. The maximum Gasteiger partial charge on any atom is 0.274 e. The van der Waals surface area contributed by atoms with Crippen LogP contribution in [0.4, 0.5) is 0 Å². The van der Waals surface area contributed by atoms with Gasteiger partial charge < -0.3 is 14.0 Å². The molecule has 3 aliphatic rings. The van der Waals surface area contributed by atoms with E-state index >= 15 is 0 Å². The minimum Gasteiger partial charge on any atom is -0.378 e. The minimum absolute atomic E-state index is 0.0550. The van der Waals surface area contributed by atoms with Crippen molar-refractivity contribution in [1.29, 1.82) is 0 Å². The SMILES string of the molecule is Cc1cccn2c(CN3CC[C@H](C4CCCCC4)C3)c(C(=O)N3CCOCC3)nc12. The molecule has 1 aliphatic carbocycles. The number of hydrogen-bond acceptors (Lipinski definition) is 4. The van der Waals surface area contributed by atoms with E-state index in [0.29, 0.717) is 32.0 Å². The molecule has 0 bridgehead atoms. The number of imidazole rings is 1. The quantitative estimate of drug-likeness (QED) is 0.774. The van der Waals surface area contributed by atoms with E-state index in [0.717, 1.165) is 48.4 Å². The Balaban J connectivity index is 1.40. The van der Waals surface area contributed by atoms with Crippen molar-refractivity contribution in [3.63, 3.8) is 0 Å². The normalized spacial score (nSPS) is 24.0. The van der Waals surface area contributed by atoms with Crippen molar-refractivity contribution in [1.82, 2.24) is 19.2 Å². The van der Waals surface area contributed by atoms with Crippen LogP contribution in [0, 0.1) is 18.8 Å². The second-order valence-corrected chi connectivity index (χ2v) is 9.38. The van der Waals surface area contributed by atoms with Crippen LogP contribution in [0.3, 0.4) is 0 Å². The van der Waals surface area contributed by atoms with Crippen molar-refractivity contribution in [2.75, 3.05) is 39.4 Å². The summed E-state index contributed by atoms with van der Waals surface area (Å²) in [6.07, 6.45) is 10.4. The van der Waals surface area contributed by atoms with Crippen molar-refractivity contribution in [3.05, 3.63) is 35.3 Å². The number of carbonyl (C=O) groups is 1. The molecule has 4 heterocycles. The van der Waals surface area contributed by atoms with E-state index in [4.69, 9.17) is 9.72 Å². The third-order valence-electron chi connectivity index (χ3n) is 7.44. The fraction of sp³-hybridized carbons (Fsp3) is 0.667. The van der Waals surface area contributed by atoms with Crippen LogP contribution in [-0.2, 0) is 11.3 Å². The highest BCUT2D eigenvalue weighted by Gasteiger charge is 2.32. The number of pyridine rings is 1. The van der Waals surface area contributed by atoms with Gasteiger partial charge in [-0.25, -0.2) is 4.98 Å². The summed E-state index contributed by atoms with van der Waals surface area (Å²) in [5.74, 6) is 1.78. The summed E-state index contributed by atoms with van der Waals surface area (Å²) in [7, 11) is 0. The highest BCUT2D eigenvalue weighted by molar-refractivity contribution is 5.94. The van der Waals surface area contributed by atoms with E-state index < -0.39 is 0 Å². The molecule has 5 rings (SSSR count). The predicted octanol–water partition coefficient (Wildman–Crippen LogP) is 3.52. The molecule has 2 aromatic rings. The van der Waals surface area contributed by atoms with Crippen molar-refractivity contribution >= 4 is 11.6 Å². The summed E-state index contributed by atoms with van der Waals surface area (Å²) < 4.78 is 7.59. The standard InChI is InChI=1S/C24H34N4O2/c1-18-6-5-10-28-21(17-26-11-9-20(16-26)19-7-3-2-4-8-19)22(25-23(18)28)24(29)27-12-14-30-15-13-27/h5-6,10,19-20H,2-4,7-9,11-17H2,1H3/t20-/m0/s1. The average Bonchev–Trinajstić information content (AvgIpc) is 3.41. The predicted molar refractivity (Wildman–Crippen MR) is 117 cm³/mol. The van der Waals surface area contributed by atoms with E-state index in [1.165, 1.54) is 38.5 Å². The Morgan fingerprint density at radius 1 is 1.10 bits per heavy atom. The summed E-state index contributed by atoms with van der Waals surface area (Å²) in [5, 5.41) is 0. The molecule has 0 aromatic carbocycles. The second kappa shape index (κ2) is 8.67. The van der Waals surface area contributed by atoms with E-state index in [1.54, 1.807) is 0 Å². The molecule has 2 aromatic heterocycles. The van der Waals surface area contributed by atoms with E-state index in [-0.39, 0.29) is 5.91 Å². The number of nitrogens with zero attached hydrogens (tertiary/aromatic N) is 4. The first kappa shape index (κ1) is 20.0. The average molecular weight is 411 g/mol. The zero-order chi connectivity index (χ0) is 20.5. The second-order valence-electron chi connectivity index (χ2n) is 9.38. The number of ether oxygens (including phenoxy) is 1. The third-order valence-corrected chi connectivity index (χ3v) is 7.44. The lowest BCUT2D eigenvalue weighted by Gasteiger charge is -2.28. The first-order valence-electron chi connectivity index (χ1n) is 11.8. The Kier molecular flexibility index (Phi) is 5.79. The van der Waals surface area contributed by atoms with Crippen LogP contribution >= 0.6 is 0 Å². The molecular formula is C24H34N4O2. The fourth-order valence-corrected chi connectivity index (χ4v) is 5.70. The van der Waals surface area contributed by atoms with Crippen LogP contribution in [0.15, 0.2) is 18.3 Å². The number of likely N-dealkylation sites (tertiary alicyclic amines) is 1. The third kappa shape index (κ3) is 3.87. The van der Waals surface area contributed by atoms with Gasteiger partial charge >= 0.3 is 0 Å². The maximum absolute atomic E-state index is 13.4. The lowest BCUT2D eigenvalue weighted by atomic mass is 9.80. The topological polar surface area (TPSA) is 50.1 Å². The molecule has 0 unspecified atom stereocenters. The summed E-state index contributed by atoms with van der Waals surface area (Å²) in [6.45, 7) is 7.70. The van der Waals surface area contributed by atoms with Crippen molar-refractivity contribution in [3.8, 4) is 0 Å². The molecule has 0 N–H and O–H groups in total. The van der Waals surface area contributed by atoms with Gasteiger partial charge in [-0.3, -0.25) is 9.69 Å². The molecular weight excluding hydrogens is 376 g/mol. The Morgan fingerprint density at radius 3 is 2.70 bits per heavy atom. The van der Waals surface area contributed by atoms with Crippen LogP contribution in [-0.4, -0.2) is 64.5 Å². The Hall–Kier alpha value is -1.92. The van der Waals surface area contributed by atoms with Gasteiger partial charge in [0.05, 0.1) is 18.9 Å². The van der Waals surface area contributed by atoms with Crippen molar-refractivity contribution < 1.29 is 9.53 Å². The zero-order valence-electron chi connectivity index (χ0n) is 18.2. The van der Waals surface area contributed by atoms with Gasteiger partial charge in [0.15, 0.2) is 5.69 Å². The molecule has 0 radical (unpaired) electrons. The van der Waals surface area contributed by atoms with Gasteiger partial charge in [-0.05, 0) is 43.4 Å². The van der Waals surface area contributed by atoms with E-state index in [2.05, 4.69) is 34.6 Å². The van der Waals surface area contributed by atoms with Crippen LogP contribution in [0.5, 0.6) is 0 Å². The molecule has 0 spiro atoms. The van der Waals surface area contributed by atoms with Crippen LogP contribution in [0.2, 0.25) is 0 Å². The Bertz CT molecular complexity index is 896. The van der Waals surface area contributed by atoms with Gasteiger partial charge in [-0.15, -0.1) is 0 Å². The molecule has 30 heavy (non-hydrogen) atoms. The molecule has 3 fully saturated rings. The summed E-state index contributed by atoms with van der Waals surface area (Å²) in [6, 6.07) is 4.13. The van der Waals surface area contributed by atoms with Gasteiger partial charge in [0, 0.05) is 32.4 Å². The molecule has 1 atom stereocenters. The number of fused-ring (bicyclic) bond motifs is 1. The van der Waals surface area contributed by atoms with Gasteiger partial charge in [-0.1, -0.05) is 38.2 Å². The summed E-state index contributed by atoms with van der Waals surface area (Å²) in [4.78, 5) is 22.7. The minimum atomic E-state index is 0.0550. The molecule has 6 nitrogen and oxygen atoms in total. The Labute approximate surface area is 179 Å². The summed E-state index contributed by atoms with van der Waals surface area (Å²) >= 11 is 0. The number of carbonyl (C=O) groups excluding carboxylic acids is 1. The molecule has 2 saturated heterocycles. The Morgan fingerprint density at radius 2 is 1.90 bits per heavy atom. The molecule has 1 amide bonds. The number of aryl methyl sites for hydroxylation is 1. The smallest absolute Gasteiger partial charge is 0.274 e. The van der Waals surface area contributed by atoms with Crippen LogP contribution < -0.4 is 0 Å². The highest BCUT2D eigenvalue weighted by atomic mass is 16.5. The van der Waals surface area contributed by atoms with Crippen molar-refractivity contribution in [2.45, 2.75) is 52.0 Å². The van der Waals surface area contributed by atoms with Crippen LogP contribution in [0.1, 0.15) is 60.3 Å². The van der Waals surface area contributed by atoms with Gasteiger partial charge in [0.1, 0.15) is 5.65 Å². The zero-order valence-corrected chi connectivity index (χ0v) is 18.2. The number of aromatic nitrogens is 2. The fourth-order valence-electron chi connectivity index (χ4n) is 5.70. The first-order valence-corrected chi connectivity index (χ1v) is 11.8. The number of morpholine rings is 1. The van der Waals surface area contributed by atoms with Gasteiger partial charge in [0.2, 0.25) is 0 Å². The molecule has 1 saturated carbocycles. The lowest BCUT2D eigenvalue weighted by Crippen LogP contribution is -2.41. The molecule has 2 aliphatic heterocycles. The van der Waals surface area contributed by atoms with E-state index in [9.17, 15) is 4.79 Å². The van der Waals surface area contributed by atoms with Crippen molar-refractivity contribution in [2.24, 2.45) is 11.8 Å². The van der Waals surface area contributed by atoms with Gasteiger partial charge in [-0.2, -0.15) is 0 Å². The summed E-state index contributed by atoms with van der Waals surface area (Å²) in [5.41, 5.74) is 3.70. The number of hydrogen-bond donors (Lipinski definition) is 0. The highest BCUT2D eigenvalue weighted by Crippen LogP contribution is 2.35. The monoisotopic (exact) mass is 410 g/mol. The largest absolute Gasteiger partial charge is 0.378 e. The van der Waals surface area contributed by atoms with Crippen LogP contribution in [0.25, 0.3) is 5.65 Å². The number of rotatable bonds is 4. The molecule has 6 heteroatoms. The van der Waals surface area contributed by atoms with E-state index in [1.807, 2.05) is 4.90 Å². The molecule has 162 valence electrons. The number of amides is 1.